The minimum atomic E-state index is 0.0820. The number of fused-ring (bicyclic) bond motifs is 1. The molecule has 3 heterocycles. The van der Waals surface area contributed by atoms with E-state index in [0.29, 0.717) is 17.6 Å². The van der Waals surface area contributed by atoms with Gasteiger partial charge in [0.2, 0.25) is 0 Å². The molecule has 2 fully saturated rings. The number of imidazole rings is 1. The van der Waals surface area contributed by atoms with Gasteiger partial charge in [-0.25, -0.2) is 9.97 Å². The highest BCUT2D eigenvalue weighted by atomic mass is 16.2. The topological polar surface area (TPSA) is 51.0 Å². The van der Waals surface area contributed by atoms with Crippen LogP contribution in [0.2, 0.25) is 0 Å². The monoisotopic (exact) mass is 284 g/mol. The van der Waals surface area contributed by atoms with Crippen LogP contribution in [0.4, 0.5) is 0 Å². The molecule has 1 saturated carbocycles. The zero-order valence-corrected chi connectivity index (χ0v) is 12.3. The van der Waals surface area contributed by atoms with Gasteiger partial charge < -0.3 is 9.47 Å². The van der Waals surface area contributed by atoms with Gasteiger partial charge in [-0.3, -0.25) is 4.79 Å². The van der Waals surface area contributed by atoms with Crippen molar-refractivity contribution in [3.63, 3.8) is 0 Å². The van der Waals surface area contributed by atoms with Gasteiger partial charge in [0.05, 0.1) is 11.9 Å². The van der Waals surface area contributed by atoms with E-state index in [-0.39, 0.29) is 5.91 Å². The summed E-state index contributed by atoms with van der Waals surface area (Å²) in [5.41, 5.74) is 2.40. The van der Waals surface area contributed by atoms with Crippen LogP contribution in [0.5, 0.6) is 0 Å². The Labute approximate surface area is 124 Å². The number of carbonyl (C=O) groups is 1. The highest BCUT2D eigenvalue weighted by Gasteiger charge is 2.29. The Hall–Kier alpha value is -1.91. The molecule has 0 bridgehead atoms. The Balaban J connectivity index is 1.66. The van der Waals surface area contributed by atoms with Crippen molar-refractivity contribution in [2.45, 2.75) is 51.1 Å². The van der Waals surface area contributed by atoms with Crippen molar-refractivity contribution in [2.24, 2.45) is 0 Å². The maximum absolute atomic E-state index is 12.4. The Morgan fingerprint density at radius 3 is 2.71 bits per heavy atom. The van der Waals surface area contributed by atoms with E-state index < -0.39 is 0 Å². The second kappa shape index (κ2) is 4.83. The maximum atomic E-state index is 12.4. The van der Waals surface area contributed by atoms with Crippen LogP contribution in [0.15, 0.2) is 18.6 Å². The molecule has 1 saturated heterocycles. The number of hydrogen-bond acceptors (Lipinski definition) is 3. The third-order valence-electron chi connectivity index (χ3n) is 4.96. The minimum absolute atomic E-state index is 0.0820. The summed E-state index contributed by atoms with van der Waals surface area (Å²) in [6.45, 7) is 2.94. The molecule has 1 aliphatic heterocycles. The van der Waals surface area contributed by atoms with Crippen molar-refractivity contribution in [2.75, 3.05) is 6.54 Å². The van der Waals surface area contributed by atoms with Crippen molar-refractivity contribution in [1.29, 1.82) is 0 Å². The highest BCUT2D eigenvalue weighted by molar-refractivity contribution is 5.97. The van der Waals surface area contributed by atoms with Gasteiger partial charge in [-0.05, 0) is 32.3 Å². The van der Waals surface area contributed by atoms with Crippen LogP contribution in [-0.2, 0) is 0 Å². The largest absolute Gasteiger partial charge is 0.336 e. The summed E-state index contributed by atoms with van der Waals surface area (Å²) in [6.07, 6.45) is 9.68. The van der Waals surface area contributed by atoms with Crippen LogP contribution in [0.1, 0.15) is 55.4 Å². The molecule has 2 aromatic rings. The zero-order valence-electron chi connectivity index (χ0n) is 12.3. The first-order chi connectivity index (χ1) is 10.2. The van der Waals surface area contributed by atoms with Gasteiger partial charge in [0.25, 0.3) is 5.91 Å². The Morgan fingerprint density at radius 2 is 2.05 bits per heavy atom. The van der Waals surface area contributed by atoms with Crippen LogP contribution in [-0.4, -0.2) is 37.9 Å². The molecule has 0 N–H and O–H groups in total. The average Bonchev–Trinajstić information content (AvgIpc) is 3.13. The van der Waals surface area contributed by atoms with Crippen molar-refractivity contribution in [3.05, 3.63) is 24.2 Å². The molecule has 1 amide bonds. The van der Waals surface area contributed by atoms with E-state index >= 15 is 0 Å². The Kier molecular flexibility index (Phi) is 2.94. The van der Waals surface area contributed by atoms with Gasteiger partial charge in [0.1, 0.15) is 5.52 Å². The predicted octanol–water partition coefficient (Wildman–Crippen LogP) is 2.78. The van der Waals surface area contributed by atoms with E-state index in [0.717, 1.165) is 24.1 Å². The lowest BCUT2D eigenvalue weighted by Crippen LogP contribution is -2.49. The van der Waals surface area contributed by atoms with E-state index in [4.69, 9.17) is 0 Å². The van der Waals surface area contributed by atoms with Crippen LogP contribution < -0.4 is 0 Å². The molecule has 110 valence electrons. The van der Waals surface area contributed by atoms with E-state index in [1.54, 1.807) is 6.20 Å². The number of amides is 1. The second-order valence-corrected chi connectivity index (χ2v) is 6.29. The summed E-state index contributed by atoms with van der Waals surface area (Å²) in [6, 6.07) is 2.77. The van der Waals surface area contributed by atoms with Gasteiger partial charge in [0.15, 0.2) is 5.65 Å². The quantitative estimate of drug-likeness (QED) is 0.852. The van der Waals surface area contributed by atoms with Crippen molar-refractivity contribution >= 4 is 17.1 Å². The number of hydrogen-bond donors (Lipinski definition) is 0. The van der Waals surface area contributed by atoms with Gasteiger partial charge in [-0.1, -0.05) is 12.8 Å². The van der Waals surface area contributed by atoms with Crippen molar-refractivity contribution < 1.29 is 4.79 Å². The molecule has 0 spiro atoms. The smallest absolute Gasteiger partial charge is 0.255 e. The molecule has 1 aliphatic carbocycles. The van der Waals surface area contributed by atoms with Crippen molar-refractivity contribution in [3.8, 4) is 0 Å². The standard InChI is InChI=1S/C16H20N4O/c1-11-6-7-19(11)16(21)12-8-14-15(17-9-12)20(10-18-14)13-4-2-3-5-13/h8-11,13H,2-7H2,1H3. The van der Waals surface area contributed by atoms with E-state index in [1.165, 1.54) is 25.7 Å². The molecule has 5 heteroatoms. The molecular formula is C16H20N4O. The molecule has 4 rings (SSSR count). The number of rotatable bonds is 2. The van der Waals surface area contributed by atoms with Gasteiger partial charge >= 0.3 is 0 Å². The van der Waals surface area contributed by atoms with Crippen molar-refractivity contribution in [1.82, 2.24) is 19.4 Å². The van der Waals surface area contributed by atoms with Crippen LogP contribution in [0, 0.1) is 0 Å². The fourth-order valence-corrected chi connectivity index (χ4v) is 3.47. The molecule has 2 aromatic heterocycles. The number of carbonyl (C=O) groups excluding carboxylic acids is 1. The summed E-state index contributed by atoms with van der Waals surface area (Å²) < 4.78 is 2.18. The third kappa shape index (κ3) is 2.03. The lowest BCUT2D eigenvalue weighted by atomic mass is 10.0. The SMILES string of the molecule is CC1CCN1C(=O)c1cnc2c(c1)ncn2C1CCCC1. The van der Waals surface area contributed by atoms with Gasteiger partial charge in [0, 0.05) is 24.8 Å². The summed E-state index contributed by atoms with van der Waals surface area (Å²) in [7, 11) is 0. The average molecular weight is 284 g/mol. The minimum Gasteiger partial charge on any atom is -0.336 e. The highest BCUT2D eigenvalue weighted by Crippen LogP contribution is 2.31. The lowest BCUT2D eigenvalue weighted by molar-refractivity contribution is 0.0502. The third-order valence-corrected chi connectivity index (χ3v) is 4.96. The van der Waals surface area contributed by atoms with Crippen LogP contribution in [0.3, 0.4) is 0 Å². The van der Waals surface area contributed by atoms with Gasteiger partial charge in [-0.15, -0.1) is 0 Å². The number of aromatic nitrogens is 3. The number of pyridine rings is 1. The first kappa shape index (κ1) is 12.8. The van der Waals surface area contributed by atoms with Crippen LogP contribution >= 0.6 is 0 Å². The molecule has 2 aliphatic rings. The van der Waals surface area contributed by atoms with E-state index in [1.807, 2.05) is 17.3 Å². The molecule has 1 atom stereocenters. The fraction of sp³-hybridized carbons (Fsp3) is 0.562. The van der Waals surface area contributed by atoms with Crippen LogP contribution in [0.25, 0.3) is 11.2 Å². The molecule has 1 unspecified atom stereocenters. The maximum Gasteiger partial charge on any atom is 0.255 e. The summed E-state index contributed by atoms with van der Waals surface area (Å²) in [4.78, 5) is 23.3. The normalized spacial score (nSPS) is 22.7. The van der Waals surface area contributed by atoms with E-state index in [2.05, 4.69) is 21.5 Å². The molecular weight excluding hydrogens is 264 g/mol. The van der Waals surface area contributed by atoms with Gasteiger partial charge in [-0.2, -0.15) is 0 Å². The number of likely N-dealkylation sites (tertiary alicyclic amines) is 1. The first-order valence-corrected chi connectivity index (χ1v) is 7.87. The Morgan fingerprint density at radius 1 is 1.24 bits per heavy atom. The number of nitrogens with zero attached hydrogens (tertiary/aromatic N) is 4. The summed E-state index contributed by atoms with van der Waals surface area (Å²) in [5, 5.41) is 0. The second-order valence-electron chi connectivity index (χ2n) is 6.29. The predicted molar refractivity (Wildman–Crippen MR) is 80.1 cm³/mol. The Bertz CT molecular complexity index is 687. The van der Waals surface area contributed by atoms with E-state index in [9.17, 15) is 4.79 Å². The molecule has 0 aromatic carbocycles. The molecule has 0 radical (unpaired) electrons. The first-order valence-electron chi connectivity index (χ1n) is 7.87. The summed E-state index contributed by atoms with van der Waals surface area (Å²) in [5.74, 6) is 0.0820. The fourth-order valence-electron chi connectivity index (χ4n) is 3.47. The molecule has 5 nitrogen and oxygen atoms in total. The molecule has 21 heavy (non-hydrogen) atoms. The zero-order chi connectivity index (χ0) is 14.4. The summed E-state index contributed by atoms with van der Waals surface area (Å²) >= 11 is 0. The lowest BCUT2D eigenvalue weighted by Gasteiger charge is -2.38.